The average Bonchev–Trinajstić information content (AvgIpc) is 2.72. The van der Waals surface area contributed by atoms with Crippen LogP contribution < -0.4 is 4.72 Å². The SMILES string of the molecule is Cc1nn(C)c(Cl)c1S(=O)(=O)Nc1ccc2cc(Br)cnc2n1. The molecule has 0 atom stereocenters. The first kappa shape index (κ1) is 16.2. The number of hydrogen-bond acceptors (Lipinski definition) is 5. The Bertz CT molecular complexity index is 1020. The van der Waals surface area contributed by atoms with Gasteiger partial charge in [0, 0.05) is 23.1 Å². The van der Waals surface area contributed by atoms with Crippen molar-refractivity contribution in [3.05, 3.63) is 39.7 Å². The molecule has 23 heavy (non-hydrogen) atoms. The number of aryl methyl sites for hydroxylation is 2. The second-order valence-electron chi connectivity index (χ2n) is 4.83. The Morgan fingerprint density at radius 3 is 2.74 bits per heavy atom. The molecule has 0 unspecified atom stereocenters. The lowest BCUT2D eigenvalue weighted by Crippen LogP contribution is -2.15. The lowest BCUT2D eigenvalue weighted by Gasteiger charge is -2.08. The van der Waals surface area contributed by atoms with Gasteiger partial charge in [0.15, 0.2) is 5.65 Å². The summed E-state index contributed by atoms with van der Waals surface area (Å²) in [5.74, 6) is 0.159. The molecule has 0 aliphatic carbocycles. The van der Waals surface area contributed by atoms with Gasteiger partial charge in [-0.05, 0) is 41.1 Å². The van der Waals surface area contributed by atoms with E-state index in [1.807, 2.05) is 6.07 Å². The molecule has 120 valence electrons. The fourth-order valence-electron chi connectivity index (χ4n) is 2.15. The summed E-state index contributed by atoms with van der Waals surface area (Å²) in [6, 6.07) is 5.14. The smallest absolute Gasteiger partial charge is 0.263 e. The summed E-state index contributed by atoms with van der Waals surface area (Å²) in [7, 11) is -2.32. The molecule has 0 spiro atoms. The first-order valence-corrected chi connectivity index (χ1v) is 9.07. The van der Waals surface area contributed by atoms with Crippen molar-refractivity contribution in [1.29, 1.82) is 0 Å². The van der Waals surface area contributed by atoms with Crippen molar-refractivity contribution in [3.63, 3.8) is 0 Å². The third-order valence-corrected chi connectivity index (χ3v) is 5.60. The van der Waals surface area contributed by atoms with E-state index in [4.69, 9.17) is 11.6 Å². The van der Waals surface area contributed by atoms with E-state index in [0.29, 0.717) is 11.3 Å². The molecule has 1 N–H and O–H groups in total. The van der Waals surface area contributed by atoms with E-state index in [1.165, 1.54) is 4.68 Å². The first-order valence-electron chi connectivity index (χ1n) is 6.42. The van der Waals surface area contributed by atoms with Crippen LogP contribution in [0.1, 0.15) is 5.69 Å². The summed E-state index contributed by atoms with van der Waals surface area (Å²) in [4.78, 5) is 8.29. The highest BCUT2D eigenvalue weighted by molar-refractivity contribution is 9.10. The van der Waals surface area contributed by atoms with Crippen LogP contribution >= 0.6 is 27.5 Å². The van der Waals surface area contributed by atoms with Crippen LogP contribution in [0.15, 0.2) is 33.8 Å². The first-order chi connectivity index (χ1) is 10.8. The van der Waals surface area contributed by atoms with Crippen molar-refractivity contribution in [3.8, 4) is 0 Å². The van der Waals surface area contributed by atoms with Gasteiger partial charge in [0.25, 0.3) is 10.0 Å². The quantitative estimate of drug-likeness (QED) is 0.709. The minimum atomic E-state index is -3.90. The standard InChI is InChI=1S/C13H11BrClN5O2S/c1-7-11(12(15)20(2)18-7)23(21,22)19-10-4-3-8-5-9(14)6-16-13(8)17-10/h3-6H,1-2H3,(H,16,17,19). The fraction of sp³-hybridized carbons (Fsp3) is 0.154. The van der Waals surface area contributed by atoms with E-state index in [-0.39, 0.29) is 15.9 Å². The van der Waals surface area contributed by atoms with Crippen molar-refractivity contribution < 1.29 is 8.42 Å². The van der Waals surface area contributed by atoms with E-state index in [0.717, 1.165) is 9.86 Å². The lowest BCUT2D eigenvalue weighted by molar-refractivity contribution is 0.600. The molecule has 0 amide bonds. The topological polar surface area (TPSA) is 89.8 Å². The van der Waals surface area contributed by atoms with Gasteiger partial charge in [0.2, 0.25) is 0 Å². The molecular weight excluding hydrogens is 406 g/mol. The fourth-order valence-corrected chi connectivity index (χ4v) is 4.25. The number of anilines is 1. The Kier molecular flexibility index (Phi) is 4.03. The summed E-state index contributed by atoms with van der Waals surface area (Å²) < 4.78 is 29.6. The number of fused-ring (bicyclic) bond motifs is 1. The van der Waals surface area contributed by atoms with E-state index < -0.39 is 10.0 Å². The number of nitrogens with zero attached hydrogens (tertiary/aromatic N) is 4. The molecule has 0 saturated carbocycles. The highest BCUT2D eigenvalue weighted by Crippen LogP contribution is 2.26. The van der Waals surface area contributed by atoms with Crippen molar-refractivity contribution in [2.24, 2.45) is 7.05 Å². The van der Waals surface area contributed by atoms with Crippen LogP contribution in [0.5, 0.6) is 0 Å². The molecule has 0 saturated heterocycles. The molecule has 0 aliphatic heterocycles. The van der Waals surface area contributed by atoms with Crippen LogP contribution in [0.3, 0.4) is 0 Å². The number of nitrogens with one attached hydrogen (secondary N) is 1. The van der Waals surface area contributed by atoms with Crippen LogP contribution in [-0.2, 0) is 17.1 Å². The number of halogens is 2. The van der Waals surface area contributed by atoms with Crippen molar-refractivity contribution in [2.45, 2.75) is 11.8 Å². The molecule has 3 aromatic heterocycles. The third kappa shape index (κ3) is 3.04. The summed E-state index contributed by atoms with van der Waals surface area (Å²) in [6.45, 7) is 1.58. The normalized spacial score (nSPS) is 11.8. The number of aromatic nitrogens is 4. The van der Waals surface area contributed by atoms with Crippen LogP contribution in [0.2, 0.25) is 5.15 Å². The van der Waals surface area contributed by atoms with Gasteiger partial charge in [0.05, 0.1) is 5.69 Å². The minimum Gasteiger partial charge on any atom is -0.263 e. The predicted molar refractivity (Wildman–Crippen MR) is 91.0 cm³/mol. The number of rotatable bonds is 3. The predicted octanol–water partition coefficient (Wildman–Crippen LogP) is 2.89. The largest absolute Gasteiger partial charge is 0.267 e. The maximum Gasteiger partial charge on any atom is 0.267 e. The van der Waals surface area contributed by atoms with Crippen LogP contribution in [0, 0.1) is 6.92 Å². The number of sulfonamides is 1. The molecule has 0 radical (unpaired) electrons. The molecule has 0 fully saturated rings. The molecule has 3 rings (SSSR count). The van der Waals surface area contributed by atoms with Gasteiger partial charge < -0.3 is 0 Å². The van der Waals surface area contributed by atoms with Crippen molar-refractivity contribution in [1.82, 2.24) is 19.7 Å². The maximum atomic E-state index is 12.5. The number of pyridine rings is 2. The third-order valence-electron chi connectivity index (χ3n) is 3.12. The van der Waals surface area contributed by atoms with E-state index in [2.05, 4.69) is 35.7 Å². The molecular formula is C13H11BrClN5O2S. The van der Waals surface area contributed by atoms with Gasteiger partial charge >= 0.3 is 0 Å². The van der Waals surface area contributed by atoms with Gasteiger partial charge in [-0.25, -0.2) is 18.4 Å². The second-order valence-corrected chi connectivity index (χ2v) is 7.72. The summed E-state index contributed by atoms with van der Waals surface area (Å²) >= 11 is 9.34. The van der Waals surface area contributed by atoms with E-state index >= 15 is 0 Å². The zero-order chi connectivity index (χ0) is 16.8. The molecule has 0 bridgehead atoms. The highest BCUT2D eigenvalue weighted by Gasteiger charge is 2.25. The van der Waals surface area contributed by atoms with Crippen LogP contribution in [0.4, 0.5) is 5.82 Å². The van der Waals surface area contributed by atoms with Crippen LogP contribution in [0.25, 0.3) is 11.0 Å². The minimum absolute atomic E-state index is 0.0397. The average molecular weight is 417 g/mol. The highest BCUT2D eigenvalue weighted by atomic mass is 79.9. The lowest BCUT2D eigenvalue weighted by atomic mass is 10.3. The van der Waals surface area contributed by atoms with Gasteiger partial charge in [-0.3, -0.25) is 9.40 Å². The second kappa shape index (κ2) is 5.73. The molecule has 0 aliphatic rings. The van der Waals surface area contributed by atoms with Crippen molar-refractivity contribution in [2.75, 3.05) is 4.72 Å². The zero-order valence-corrected chi connectivity index (χ0v) is 15.2. The van der Waals surface area contributed by atoms with Gasteiger partial charge in [-0.1, -0.05) is 11.6 Å². The van der Waals surface area contributed by atoms with E-state index in [9.17, 15) is 8.42 Å². The Morgan fingerprint density at radius 2 is 2.09 bits per heavy atom. The molecule has 3 heterocycles. The molecule has 0 aromatic carbocycles. The zero-order valence-electron chi connectivity index (χ0n) is 12.1. The Morgan fingerprint density at radius 1 is 1.35 bits per heavy atom. The van der Waals surface area contributed by atoms with Gasteiger partial charge in [-0.2, -0.15) is 5.10 Å². The molecule has 7 nitrogen and oxygen atoms in total. The summed E-state index contributed by atoms with van der Waals surface area (Å²) in [5, 5.41) is 4.84. The number of hydrogen-bond donors (Lipinski definition) is 1. The Hall–Kier alpha value is -1.71. The monoisotopic (exact) mass is 415 g/mol. The maximum absolute atomic E-state index is 12.5. The Balaban J connectivity index is 2.02. The van der Waals surface area contributed by atoms with Gasteiger partial charge in [-0.15, -0.1) is 0 Å². The summed E-state index contributed by atoms with van der Waals surface area (Å²) in [6.07, 6.45) is 1.59. The van der Waals surface area contributed by atoms with Crippen LogP contribution in [-0.4, -0.2) is 28.2 Å². The van der Waals surface area contributed by atoms with Crippen molar-refractivity contribution >= 4 is 54.4 Å². The summed E-state index contributed by atoms with van der Waals surface area (Å²) in [5.41, 5.74) is 0.746. The molecule has 3 aromatic rings. The molecule has 10 heteroatoms. The van der Waals surface area contributed by atoms with Gasteiger partial charge in [0.1, 0.15) is 15.9 Å². The van der Waals surface area contributed by atoms with E-state index in [1.54, 1.807) is 32.3 Å². The Labute approximate surface area is 145 Å².